The molecule has 3 aliphatic heterocycles. The maximum atomic E-state index is 13.7. The van der Waals surface area contributed by atoms with Crippen LogP contribution in [-0.4, -0.2) is 119 Å². The van der Waals surface area contributed by atoms with Crippen molar-refractivity contribution in [3.8, 4) is 0 Å². The molecule has 3 aromatic rings. The molecule has 6 atom stereocenters. The molecule has 0 saturated carbocycles. The van der Waals surface area contributed by atoms with Gasteiger partial charge in [-0.1, -0.05) is 24.3 Å². The highest BCUT2D eigenvalue weighted by Gasteiger charge is 2.40. The molecule has 0 aromatic heterocycles. The standard InChI is InChI=1S/C46H56F3N7O8S2/c1-64-45(63)53-35(23-27-66-3)43(60)55-25-5-7-39(55)41(58)51-32-16-10-29(11-17-32)37-21-20-36(56(37)33-18-12-30(13-19-33)46(47,48)49)28-8-14-31(15-9-28)50-40(57)38-6-4-24-54(38)42(59)34(22-26-65-2)52-44(61)62/h8-19,34-39,52H,4-7,20-27H2,1-3H3,(H,50,57)(H,51,58)(H,53,63)(H,61,62)/t34-,35-,36+,37+,38-,39?/m0/s1. The first-order valence-corrected chi connectivity index (χ1v) is 24.6. The number of ether oxygens (including phenoxy) is 1. The average Bonchev–Trinajstić information content (AvgIpc) is 4.10. The lowest BCUT2D eigenvalue weighted by atomic mass is 10.0. The molecule has 0 radical (unpaired) electrons. The fourth-order valence-corrected chi connectivity index (χ4v) is 9.96. The predicted molar refractivity (Wildman–Crippen MR) is 249 cm³/mol. The van der Waals surface area contributed by atoms with Gasteiger partial charge in [-0.2, -0.15) is 36.7 Å². The number of alkyl carbamates (subject to hydrolysis) is 1. The Kier molecular flexibility index (Phi) is 17.1. The Morgan fingerprint density at radius 2 is 1.12 bits per heavy atom. The quantitative estimate of drug-likeness (QED) is 0.0901. The third-order valence-electron chi connectivity index (χ3n) is 12.3. The second-order valence-corrected chi connectivity index (χ2v) is 18.4. The first-order valence-electron chi connectivity index (χ1n) is 21.8. The Morgan fingerprint density at radius 1 is 0.682 bits per heavy atom. The van der Waals surface area contributed by atoms with Gasteiger partial charge in [0, 0.05) is 30.2 Å². The molecule has 6 amide bonds. The number of anilines is 3. The van der Waals surface area contributed by atoms with E-state index in [1.807, 2.05) is 36.8 Å². The smallest absolute Gasteiger partial charge is 0.416 e. The maximum Gasteiger partial charge on any atom is 0.416 e. The molecule has 0 spiro atoms. The normalized spacial score (nSPS) is 20.4. The van der Waals surface area contributed by atoms with Gasteiger partial charge in [0.15, 0.2) is 0 Å². The summed E-state index contributed by atoms with van der Waals surface area (Å²) in [6.07, 6.45) is 1.23. The van der Waals surface area contributed by atoms with Crippen LogP contribution in [0, 0.1) is 0 Å². The minimum absolute atomic E-state index is 0.263. The average molecular weight is 956 g/mol. The van der Waals surface area contributed by atoms with Gasteiger partial charge in [-0.15, -0.1) is 0 Å². The lowest BCUT2D eigenvalue weighted by Gasteiger charge is -2.34. The summed E-state index contributed by atoms with van der Waals surface area (Å²) in [4.78, 5) is 82.7. The van der Waals surface area contributed by atoms with E-state index >= 15 is 0 Å². The van der Waals surface area contributed by atoms with Crippen LogP contribution in [0.1, 0.15) is 80.1 Å². The zero-order valence-electron chi connectivity index (χ0n) is 37.0. The van der Waals surface area contributed by atoms with Crippen LogP contribution in [0.4, 0.5) is 39.8 Å². The Labute approximate surface area is 390 Å². The molecule has 1 unspecified atom stereocenters. The van der Waals surface area contributed by atoms with Crippen molar-refractivity contribution >= 4 is 76.4 Å². The van der Waals surface area contributed by atoms with Crippen molar-refractivity contribution in [3.05, 3.63) is 89.5 Å². The highest BCUT2D eigenvalue weighted by atomic mass is 32.2. The molecule has 0 aliphatic carbocycles. The summed E-state index contributed by atoms with van der Waals surface area (Å²) in [7, 11) is 1.22. The number of carboxylic acid groups (broad SMARTS) is 1. The molecule has 3 heterocycles. The summed E-state index contributed by atoms with van der Waals surface area (Å²) in [6, 6.07) is 15.7. The Hall–Kier alpha value is -5.63. The molecule has 356 valence electrons. The third-order valence-corrected chi connectivity index (χ3v) is 13.6. The van der Waals surface area contributed by atoms with Crippen molar-refractivity contribution in [2.45, 2.75) is 93.8 Å². The molecule has 3 aromatic carbocycles. The largest absolute Gasteiger partial charge is 0.465 e. The van der Waals surface area contributed by atoms with E-state index < -0.39 is 59.9 Å². The van der Waals surface area contributed by atoms with Crippen molar-refractivity contribution < 1.29 is 51.8 Å². The summed E-state index contributed by atoms with van der Waals surface area (Å²) in [6.45, 7) is 0.691. The van der Waals surface area contributed by atoms with E-state index in [2.05, 4.69) is 26.2 Å². The number of halogens is 3. The van der Waals surface area contributed by atoms with E-state index in [9.17, 15) is 47.0 Å². The van der Waals surface area contributed by atoms with Crippen molar-refractivity contribution in [3.63, 3.8) is 0 Å². The number of hydrogen-bond acceptors (Lipinski definition) is 10. The van der Waals surface area contributed by atoms with Gasteiger partial charge >= 0.3 is 18.4 Å². The minimum Gasteiger partial charge on any atom is -0.465 e. The van der Waals surface area contributed by atoms with Crippen LogP contribution in [-0.2, 0) is 30.1 Å². The Bertz CT molecular complexity index is 2190. The fourth-order valence-electron chi connectivity index (χ4n) is 9.02. The first kappa shape index (κ1) is 49.8. The topological polar surface area (TPSA) is 190 Å². The van der Waals surface area contributed by atoms with E-state index in [4.69, 9.17) is 4.74 Å². The molecule has 20 heteroatoms. The number of hydrogen-bond donors (Lipinski definition) is 5. The molecule has 3 fully saturated rings. The van der Waals surface area contributed by atoms with Crippen LogP contribution in [0.3, 0.4) is 0 Å². The first-order chi connectivity index (χ1) is 31.6. The minimum atomic E-state index is -4.52. The molecular weight excluding hydrogens is 900 g/mol. The third kappa shape index (κ3) is 12.2. The number of amides is 6. The van der Waals surface area contributed by atoms with E-state index in [0.717, 1.165) is 23.3 Å². The van der Waals surface area contributed by atoms with Crippen LogP contribution in [0.5, 0.6) is 0 Å². The second kappa shape index (κ2) is 22.7. The fraction of sp³-hybridized carbons (Fsp3) is 0.478. The number of alkyl halides is 3. The number of thioether (sulfide) groups is 2. The van der Waals surface area contributed by atoms with Gasteiger partial charge in [-0.25, -0.2) is 9.59 Å². The van der Waals surface area contributed by atoms with Gasteiger partial charge in [0.1, 0.15) is 24.2 Å². The summed E-state index contributed by atoms with van der Waals surface area (Å²) >= 11 is 3.02. The van der Waals surface area contributed by atoms with Crippen LogP contribution in [0.15, 0.2) is 72.8 Å². The second-order valence-electron chi connectivity index (χ2n) is 16.4. The number of carbonyl (C=O) groups excluding carboxylic acids is 5. The number of likely N-dealkylation sites (tertiary alicyclic amines) is 2. The van der Waals surface area contributed by atoms with E-state index in [-0.39, 0.29) is 30.3 Å². The number of benzene rings is 3. The monoisotopic (exact) mass is 955 g/mol. The van der Waals surface area contributed by atoms with Crippen LogP contribution >= 0.6 is 23.5 Å². The predicted octanol–water partition coefficient (Wildman–Crippen LogP) is 7.51. The van der Waals surface area contributed by atoms with Gasteiger partial charge in [0.25, 0.3) is 0 Å². The lowest BCUT2D eigenvalue weighted by molar-refractivity contribution is -0.138. The van der Waals surface area contributed by atoms with Crippen LogP contribution in [0.25, 0.3) is 0 Å². The van der Waals surface area contributed by atoms with Crippen LogP contribution < -0.4 is 26.2 Å². The van der Waals surface area contributed by atoms with E-state index in [0.29, 0.717) is 86.6 Å². The molecule has 3 aliphatic rings. The number of nitrogens with zero attached hydrogens (tertiary/aromatic N) is 3. The SMILES string of the molecule is COC(=O)N[C@@H](CCSC)C(=O)N1CCCC1C(=O)Nc1ccc([C@H]2CC[C@H](c3ccc(NC(=O)[C@@H]4CCCN4C(=O)[C@H](CCSC)NC(=O)O)cc3)N2c2ccc(C(F)(F)F)cc2)cc1. The summed E-state index contributed by atoms with van der Waals surface area (Å²) in [5.41, 5.74) is 2.52. The maximum absolute atomic E-state index is 13.7. The van der Waals surface area contributed by atoms with Gasteiger partial charge in [-0.3, -0.25) is 19.2 Å². The van der Waals surface area contributed by atoms with Gasteiger partial charge < -0.3 is 45.8 Å². The van der Waals surface area contributed by atoms with Crippen molar-refractivity contribution in [2.24, 2.45) is 0 Å². The van der Waals surface area contributed by atoms with Gasteiger partial charge in [0.05, 0.1) is 24.8 Å². The molecule has 0 bridgehead atoms. The molecule has 6 rings (SSSR count). The van der Waals surface area contributed by atoms with Crippen LogP contribution in [0.2, 0.25) is 0 Å². The molecular formula is C46H56F3N7O8S2. The zero-order valence-corrected chi connectivity index (χ0v) is 38.6. The van der Waals surface area contributed by atoms with Crippen molar-refractivity contribution in [2.75, 3.05) is 59.8 Å². The molecule has 66 heavy (non-hydrogen) atoms. The number of nitrogens with one attached hydrogen (secondary N) is 4. The zero-order chi connectivity index (χ0) is 47.5. The lowest BCUT2D eigenvalue weighted by Crippen LogP contribution is -2.52. The van der Waals surface area contributed by atoms with E-state index in [1.54, 1.807) is 24.3 Å². The number of carbonyl (C=O) groups is 6. The van der Waals surface area contributed by atoms with Gasteiger partial charge in [-0.05, 0) is 135 Å². The highest BCUT2D eigenvalue weighted by molar-refractivity contribution is 7.98. The summed E-state index contributed by atoms with van der Waals surface area (Å²) in [5.74, 6) is -0.372. The number of methoxy groups -OCH3 is 1. The summed E-state index contributed by atoms with van der Waals surface area (Å²) < 4.78 is 45.7. The number of rotatable bonds is 17. The van der Waals surface area contributed by atoms with Gasteiger partial charge in [0.2, 0.25) is 23.6 Å². The Morgan fingerprint density at radius 3 is 1.52 bits per heavy atom. The van der Waals surface area contributed by atoms with Crippen molar-refractivity contribution in [1.29, 1.82) is 0 Å². The van der Waals surface area contributed by atoms with Crippen molar-refractivity contribution in [1.82, 2.24) is 20.4 Å². The van der Waals surface area contributed by atoms with E-state index in [1.165, 1.54) is 52.6 Å². The Balaban J connectivity index is 1.16. The molecule has 3 saturated heterocycles. The summed E-state index contributed by atoms with van der Waals surface area (Å²) in [5, 5.41) is 20.1. The molecule has 15 nitrogen and oxygen atoms in total. The molecule has 5 N–H and O–H groups in total. The highest BCUT2D eigenvalue weighted by Crippen LogP contribution is 2.47.